The van der Waals surface area contributed by atoms with Gasteiger partial charge in [0.05, 0.1) is 6.20 Å². The largest absolute Gasteiger partial charge is 0.277 e. The molecule has 126 valence electrons. The maximum Gasteiger partial charge on any atom is 0.277 e. The maximum atomic E-state index is 12.8. The molecule has 0 saturated heterocycles. The number of halogens is 1. The number of benzene rings is 1. The first-order valence-electron chi connectivity index (χ1n) is 8.27. The zero-order valence-corrected chi connectivity index (χ0v) is 14.6. The Kier molecular flexibility index (Phi) is 4.09. The Morgan fingerprint density at radius 1 is 1.24 bits per heavy atom. The quantitative estimate of drug-likeness (QED) is 0.710. The lowest BCUT2D eigenvalue weighted by Crippen LogP contribution is -2.30. The number of rotatable bonds is 2. The van der Waals surface area contributed by atoms with Gasteiger partial charge in [-0.2, -0.15) is 9.78 Å². The van der Waals surface area contributed by atoms with E-state index in [1.165, 1.54) is 4.68 Å². The third kappa shape index (κ3) is 2.96. The molecule has 1 aliphatic carbocycles. The van der Waals surface area contributed by atoms with Crippen LogP contribution in [-0.2, 0) is 12.8 Å². The molecule has 2 heterocycles. The van der Waals surface area contributed by atoms with Crippen molar-refractivity contribution in [3.8, 4) is 5.95 Å². The minimum atomic E-state index is -0.128. The van der Waals surface area contributed by atoms with E-state index in [-0.39, 0.29) is 5.56 Å². The first kappa shape index (κ1) is 16.0. The standard InChI is InChI=1S/C19H17ClN4O/c1-12-3-5-15(17(20)9-12)13-4-6-16-14(10-13)11-23-24(18(16)25)19-21-7-2-8-22-19/h2-3,5,7-9,11,13H,4,6,10H2,1H3. The molecule has 0 spiro atoms. The first-order valence-corrected chi connectivity index (χ1v) is 8.65. The van der Waals surface area contributed by atoms with Crippen molar-refractivity contribution in [1.82, 2.24) is 19.7 Å². The predicted molar refractivity (Wildman–Crippen MR) is 96.4 cm³/mol. The van der Waals surface area contributed by atoms with Gasteiger partial charge in [-0.3, -0.25) is 4.79 Å². The third-order valence-corrected chi connectivity index (χ3v) is 5.04. The van der Waals surface area contributed by atoms with Crippen LogP contribution in [-0.4, -0.2) is 19.7 Å². The molecule has 0 bridgehead atoms. The molecule has 25 heavy (non-hydrogen) atoms. The van der Waals surface area contributed by atoms with Crippen molar-refractivity contribution in [2.24, 2.45) is 0 Å². The number of aromatic nitrogens is 4. The second kappa shape index (κ2) is 6.41. The van der Waals surface area contributed by atoms with Crippen LogP contribution in [0, 0.1) is 6.92 Å². The van der Waals surface area contributed by atoms with E-state index in [4.69, 9.17) is 11.6 Å². The van der Waals surface area contributed by atoms with Crippen LogP contribution in [0.2, 0.25) is 5.02 Å². The van der Waals surface area contributed by atoms with Gasteiger partial charge in [0.2, 0.25) is 0 Å². The highest BCUT2D eigenvalue weighted by Gasteiger charge is 2.25. The van der Waals surface area contributed by atoms with Crippen molar-refractivity contribution in [2.45, 2.75) is 32.1 Å². The second-order valence-electron chi connectivity index (χ2n) is 6.38. The van der Waals surface area contributed by atoms with Gasteiger partial charge in [-0.25, -0.2) is 9.97 Å². The fourth-order valence-corrected chi connectivity index (χ4v) is 3.81. The van der Waals surface area contributed by atoms with Crippen LogP contribution in [0.3, 0.4) is 0 Å². The minimum absolute atomic E-state index is 0.128. The van der Waals surface area contributed by atoms with Crippen molar-refractivity contribution in [3.63, 3.8) is 0 Å². The second-order valence-corrected chi connectivity index (χ2v) is 6.79. The van der Waals surface area contributed by atoms with Crippen LogP contribution in [0.4, 0.5) is 0 Å². The Hall–Kier alpha value is -2.53. The van der Waals surface area contributed by atoms with Gasteiger partial charge in [0.1, 0.15) is 0 Å². The highest BCUT2D eigenvalue weighted by atomic mass is 35.5. The van der Waals surface area contributed by atoms with Crippen LogP contribution < -0.4 is 5.56 Å². The van der Waals surface area contributed by atoms with Crippen molar-refractivity contribution in [2.75, 3.05) is 0 Å². The SMILES string of the molecule is Cc1ccc(C2CCc3c(cnn(-c4ncccn4)c3=O)C2)c(Cl)c1. The molecule has 1 aliphatic rings. The lowest BCUT2D eigenvalue weighted by atomic mass is 9.81. The molecule has 0 fully saturated rings. The molecule has 0 N–H and O–H groups in total. The van der Waals surface area contributed by atoms with Crippen molar-refractivity contribution >= 4 is 11.6 Å². The smallest absolute Gasteiger partial charge is 0.267 e. The molecule has 4 rings (SSSR count). The molecule has 1 unspecified atom stereocenters. The summed E-state index contributed by atoms with van der Waals surface area (Å²) in [5.41, 5.74) is 3.97. The maximum absolute atomic E-state index is 12.8. The van der Waals surface area contributed by atoms with E-state index in [0.717, 1.165) is 40.1 Å². The Labute approximate surface area is 150 Å². The molecule has 0 aliphatic heterocycles. The molecule has 0 saturated carbocycles. The minimum Gasteiger partial charge on any atom is -0.267 e. The summed E-state index contributed by atoms with van der Waals surface area (Å²) < 4.78 is 1.28. The molecule has 1 atom stereocenters. The summed E-state index contributed by atoms with van der Waals surface area (Å²) in [4.78, 5) is 21.0. The first-order chi connectivity index (χ1) is 12.1. The van der Waals surface area contributed by atoms with Gasteiger partial charge in [0.25, 0.3) is 11.5 Å². The van der Waals surface area contributed by atoms with Crippen LogP contribution in [0.1, 0.15) is 34.6 Å². The Balaban J connectivity index is 1.69. The average Bonchev–Trinajstić information content (AvgIpc) is 2.62. The fourth-order valence-electron chi connectivity index (χ4n) is 3.42. The molecule has 0 radical (unpaired) electrons. The van der Waals surface area contributed by atoms with Crippen molar-refractivity contribution in [3.05, 3.63) is 80.5 Å². The summed E-state index contributed by atoms with van der Waals surface area (Å²) in [7, 11) is 0. The number of aryl methyl sites for hydroxylation is 1. The van der Waals surface area contributed by atoms with Crippen LogP contribution in [0.5, 0.6) is 0 Å². The number of hydrogen-bond acceptors (Lipinski definition) is 4. The van der Waals surface area contributed by atoms with Crippen LogP contribution >= 0.6 is 11.6 Å². The summed E-state index contributed by atoms with van der Waals surface area (Å²) in [5, 5.41) is 5.07. The summed E-state index contributed by atoms with van der Waals surface area (Å²) in [5.74, 6) is 0.615. The fraction of sp³-hybridized carbons (Fsp3) is 0.263. The van der Waals surface area contributed by atoms with Crippen LogP contribution in [0.25, 0.3) is 5.95 Å². The highest BCUT2D eigenvalue weighted by Crippen LogP contribution is 2.35. The van der Waals surface area contributed by atoms with E-state index in [2.05, 4.69) is 27.2 Å². The lowest BCUT2D eigenvalue weighted by Gasteiger charge is -2.25. The van der Waals surface area contributed by atoms with E-state index in [1.807, 2.05) is 13.0 Å². The van der Waals surface area contributed by atoms with Crippen LogP contribution in [0.15, 0.2) is 47.7 Å². The summed E-state index contributed by atoms with van der Waals surface area (Å²) >= 11 is 6.43. The molecular weight excluding hydrogens is 336 g/mol. The van der Waals surface area contributed by atoms with Gasteiger partial charge >= 0.3 is 0 Å². The lowest BCUT2D eigenvalue weighted by molar-refractivity contribution is 0.566. The van der Waals surface area contributed by atoms with E-state index >= 15 is 0 Å². The van der Waals surface area contributed by atoms with Crippen molar-refractivity contribution < 1.29 is 0 Å². The van der Waals surface area contributed by atoms with E-state index in [0.29, 0.717) is 18.3 Å². The molecule has 6 heteroatoms. The van der Waals surface area contributed by atoms with Gasteiger partial charge in [-0.15, -0.1) is 0 Å². The molecule has 0 amide bonds. The molecule has 5 nitrogen and oxygen atoms in total. The normalized spacial score (nSPS) is 16.5. The van der Waals surface area contributed by atoms with E-state index in [9.17, 15) is 4.79 Å². The summed E-state index contributed by atoms with van der Waals surface area (Å²) in [6.45, 7) is 2.03. The van der Waals surface area contributed by atoms with Gasteiger partial charge in [-0.05, 0) is 60.9 Å². The van der Waals surface area contributed by atoms with Gasteiger partial charge in [-0.1, -0.05) is 23.7 Å². The van der Waals surface area contributed by atoms with E-state index < -0.39 is 0 Å². The summed E-state index contributed by atoms with van der Waals surface area (Å²) in [6, 6.07) is 7.89. The highest BCUT2D eigenvalue weighted by molar-refractivity contribution is 6.31. The van der Waals surface area contributed by atoms with Crippen molar-refractivity contribution in [1.29, 1.82) is 0 Å². The molecule has 2 aromatic heterocycles. The van der Waals surface area contributed by atoms with E-state index in [1.54, 1.807) is 24.7 Å². The van der Waals surface area contributed by atoms with Gasteiger partial charge in [0.15, 0.2) is 0 Å². The number of fused-ring (bicyclic) bond motifs is 1. The van der Waals surface area contributed by atoms with Gasteiger partial charge in [0, 0.05) is 23.0 Å². The number of hydrogen-bond donors (Lipinski definition) is 0. The number of nitrogens with zero attached hydrogens (tertiary/aromatic N) is 4. The summed E-state index contributed by atoms with van der Waals surface area (Å²) in [6.07, 6.45) is 7.35. The average molecular weight is 353 g/mol. The molecular formula is C19H17ClN4O. The Bertz CT molecular complexity index is 984. The zero-order chi connectivity index (χ0) is 17.4. The third-order valence-electron chi connectivity index (χ3n) is 4.71. The zero-order valence-electron chi connectivity index (χ0n) is 13.8. The monoisotopic (exact) mass is 352 g/mol. The van der Waals surface area contributed by atoms with Gasteiger partial charge < -0.3 is 0 Å². The molecule has 1 aromatic carbocycles. The topological polar surface area (TPSA) is 60.7 Å². The Morgan fingerprint density at radius 2 is 2.04 bits per heavy atom. The Morgan fingerprint density at radius 3 is 2.80 bits per heavy atom. The predicted octanol–water partition coefficient (Wildman–Crippen LogP) is 3.26. The molecule has 3 aromatic rings.